The molecule has 2 amide bonds. The minimum atomic E-state index is -0.150. The van der Waals surface area contributed by atoms with Gasteiger partial charge in [-0.25, -0.2) is 4.79 Å². The molecule has 1 unspecified atom stereocenters. The first-order valence-electron chi connectivity index (χ1n) is 6.35. The molecule has 1 atom stereocenters. The molecule has 1 aromatic carbocycles. The molecular formula is C14H16ClN3O. The summed E-state index contributed by atoms with van der Waals surface area (Å²) in [6, 6.07) is 6.72. The van der Waals surface area contributed by atoms with E-state index >= 15 is 0 Å². The van der Waals surface area contributed by atoms with Crippen LogP contribution in [0.5, 0.6) is 0 Å². The molecule has 0 saturated carbocycles. The Kier molecular flexibility index (Phi) is 4.28. The van der Waals surface area contributed by atoms with Gasteiger partial charge in [-0.1, -0.05) is 18.5 Å². The first kappa shape index (κ1) is 13.7. The Bertz CT molecular complexity index is 524. The Morgan fingerprint density at radius 3 is 3.05 bits per heavy atom. The molecule has 0 aliphatic carbocycles. The topological polar surface area (TPSA) is 56.1 Å². The maximum atomic E-state index is 12.1. The minimum Gasteiger partial charge on any atom is -0.324 e. The van der Waals surface area contributed by atoms with Crippen molar-refractivity contribution in [1.82, 2.24) is 4.90 Å². The largest absolute Gasteiger partial charge is 0.324 e. The average molecular weight is 278 g/mol. The first-order valence-corrected chi connectivity index (χ1v) is 6.73. The van der Waals surface area contributed by atoms with Crippen molar-refractivity contribution in [3.8, 4) is 6.07 Å². The van der Waals surface area contributed by atoms with Gasteiger partial charge < -0.3 is 10.2 Å². The van der Waals surface area contributed by atoms with Crippen LogP contribution in [0.1, 0.15) is 25.3 Å². The van der Waals surface area contributed by atoms with E-state index in [-0.39, 0.29) is 6.03 Å². The van der Waals surface area contributed by atoms with Gasteiger partial charge in [-0.3, -0.25) is 0 Å². The number of rotatable bonds is 1. The van der Waals surface area contributed by atoms with Crippen molar-refractivity contribution in [2.24, 2.45) is 5.92 Å². The maximum Gasteiger partial charge on any atom is 0.321 e. The van der Waals surface area contributed by atoms with Gasteiger partial charge in [-0.15, -0.1) is 0 Å². The smallest absolute Gasteiger partial charge is 0.321 e. The highest BCUT2D eigenvalue weighted by atomic mass is 35.5. The SMILES string of the molecule is CC1CCCN(C(=O)Nc2cc(C#N)ccc2Cl)C1. The number of hydrogen-bond donors (Lipinski definition) is 1. The zero-order valence-corrected chi connectivity index (χ0v) is 11.6. The summed E-state index contributed by atoms with van der Waals surface area (Å²) in [5.74, 6) is 0.528. The molecule has 1 fully saturated rings. The number of nitriles is 1. The van der Waals surface area contributed by atoms with Crippen LogP contribution in [0, 0.1) is 17.2 Å². The van der Waals surface area contributed by atoms with Gasteiger partial charge in [0.15, 0.2) is 0 Å². The molecule has 0 aromatic heterocycles. The number of likely N-dealkylation sites (tertiary alicyclic amines) is 1. The van der Waals surface area contributed by atoms with Crippen molar-refractivity contribution in [2.45, 2.75) is 19.8 Å². The lowest BCUT2D eigenvalue weighted by Gasteiger charge is -2.31. The third-order valence-electron chi connectivity index (χ3n) is 3.28. The molecule has 1 aliphatic heterocycles. The number of nitrogens with one attached hydrogen (secondary N) is 1. The molecule has 1 aromatic rings. The summed E-state index contributed by atoms with van der Waals surface area (Å²) in [4.78, 5) is 13.9. The van der Waals surface area contributed by atoms with Crippen molar-refractivity contribution < 1.29 is 4.79 Å². The summed E-state index contributed by atoms with van der Waals surface area (Å²) in [5.41, 5.74) is 0.968. The lowest BCUT2D eigenvalue weighted by Crippen LogP contribution is -2.41. The fourth-order valence-corrected chi connectivity index (χ4v) is 2.42. The molecule has 0 radical (unpaired) electrons. The second kappa shape index (κ2) is 5.94. The lowest BCUT2D eigenvalue weighted by atomic mass is 10.0. The van der Waals surface area contributed by atoms with E-state index in [1.165, 1.54) is 0 Å². The number of amides is 2. The summed E-state index contributed by atoms with van der Waals surface area (Å²) < 4.78 is 0. The third kappa shape index (κ3) is 3.39. The second-order valence-corrected chi connectivity index (χ2v) is 5.34. The highest BCUT2D eigenvalue weighted by molar-refractivity contribution is 6.33. The van der Waals surface area contributed by atoms with E-state index in [0.717, 1.165) is 25.9 Å². The standard InChI is InChI=1S/C14H16ClN3O/c1-10-3-2-6-18(9-10)14(19)17-13-7-11(8-16)4-5-12(13)15/h4-5,7,10H,2-3,6,9H2,1H3,(H,17,19). The highest BCUT2D eigenvalue weighted by Crippen LogP contribution is 2.24. The molecule has 5 heteroatoms. The van der Waals surface area contributed by atoms with E-state index in [9.17, 15) is 4.79 Å². The number of hydrogen-bond acceptors (Lipinski definition) is 2. The van der Waals surface area contributed by atoms with Gasteiger partial charge in [-0.05, 0) is 37.0 Å². The van der Waals surface area contributed by atoms with Crippen molar-refractivity contribution >= 4 is 23.3 Å². The number of nitrogens with zero attached hydrogens (tertiary/aromatic N) is 2. The van der Waals surface area contributed by atoms with Crippen LogP contribution >= 0.6 is 11.6 Å². The minimum absolute atomic E-state index is 0.150. The van der Waals surface area contributed by atoms with E-state index < -0.39 is 0 Å². The lowest BCUT2D eigenvalue weighted by molar-refractivity contribution is 0.182. The summed E-state index contributed by atoms with van der Waals surface area (Å²) >= 11 is 6.02. The summed E-state index contributed by atoms with van der Waals surface area (Å²) in [6.45, 7) is 3.68. The van der Waals surface area contributed by atoms with E-state index in [4.69, 9.17) is 16.9 Å². The van der Waals surface area contributed by atoms with Crippen LogP contribution < -0.4 is 5.32 Å². The van der Waals surface area contributed by atoms with Crippen LogP contribution in [0.15, 0.2) is 18.2 Å². The zero-order chi connectivity index (χ0) is 13.8. The van der Waals surface area contributed by atoms with Crippen LogP contribution in [-0.4, -0.2) is 24.0 Å². The van der Waals surface area contributed by atoms with Gasteiger partial charge in [0.1, 0.15) is 0 Å². The Hall–Kier alpha value is -1.73. The molecule has 4 nitrogen and oxygen atoms in total. The quantitative estimate of drug-likeness (QED) is 0.854. The van der Waals surface area contributed by atoms with Crippen LogP contribution in [-0.2, 0) is 0 Å². The fourth-order valence-electron chi connectivity index (χ4n) is 2.26. The monoisotopic (exact) mass is 277 g/mol. The van der Waals surface area contributed by atoms with Gasteiger partial charge in [0, 0.05) is 13.1 Å². The number of urea groups is 1. The van der Waals surface area contributed by atoms with Gasteiger partial charge in [0.2, 0.25) is 0 Å². The van der Waals surface area contributed by atoms with Crippen molar-refractivity contribution in [3.63, 3.8) is 0 Å². The van der Waals surface area contributed by atoms with Crippen molar-refractivity contribution in [3.05, 3.63) is 28.8 Å². The van der Waals surface area contributed by atoms with Gasteiger partial charge >= 0.3 is 6.03 Å². The third-order valence-corrected chi connectivity index (χ3v) is 3.61. The van der Waals surface area contributed by atoms with E-state index in [1.807, 2.05) is 6.07 Å². The van der Waals surface area contributed by atoms with Crippen molar-refractivity contribution in [1.29, 1.82) is 5.26 Å². The molecule has 1 heterocycles. The molecule has 19 heavy (non-hydrogen) atoms. The molecule has 100 valence electrons. The molecule has 2 rings (SSSR count). The number of halogens is 1. The van der Waals surface area contributed by atoms with Crippen molar-refractivity contribution in [2.75, 3.05) is 18.4 Å². The van der Waals surface area contributed by atoms with E-state index in [1.54, 1.807) is 23.1 Å². The normalized spacial score (nSPS) is 18.8. The molecule has 0 spiro atoms. The summed E-state index contributed by atoms with van der Waals surface area (Å²) in [5, 5.41) is 12.1. The van der Waals surface area contributed by atoms with E-state index in [2.05, 4.69) is 12.2 Å². The number of carbonyl (C=O) groups excluding carboxylic acids is 1. The van der Waals surface area contributed by atoms with E-state index in [0.29, 0.717) is 22.2 Å². The molecule has 1 N–H and O–H groups in total. The van der Waals surface area contributed by atoms with Gasteiger partial charge in [0.25, 0.3) is 0 Å². The van der Waals surface area contributed by atoms with Gasteiger partial charge in [-0.2, -0.15) is 5.26 Å². The predicted molar refractivity (Wildman–Crippen MR) is 75.2 cm³/mol. The second-order valence-electron chi connectivity index (χ2n) is 4.93. The Labute approximate surface area is 118 Å². The molecule has 1 aliphatic rings. The summed E-state index contributed by atoms with van der Waals surface area (Å²) in [7, 11) is 0. The van der Waals surface area contributed by atoms with Crippen LogP contribution in [0.25, 0.3) is 0 Å². The Morgan fingerprint density at radius 2 is 2.37 bits per heavy atom. The Balaban J connectivity index is 2.08. The van der Waals surface area contributed by atoms with Crippen LogP contribution in [0.2, 0.25) is 5.02 Å². The predicted octanol–water partition coefficient (Wildman–Crippen LogP) is 3.48. The molecular weight excluding hydrogens is 262 g/mol. The first-order chi connectivity index (χ1) is 9.10. The zero-order valence-electron chi connectivity index (χ0n) is 10.8. The van der Waals surface area contributed by atoms with Crippen LogP contribution in [0.4, 0.5) is 10.5 Å². The van der Waals surface area contributed by atoms with Crippen LogP contribution in [0.3, 0.4) is 0 Å². The average Bonchev–Trinajstić information content (AvgIpc) is 2.41. The highest BCUT2D eigenvalue weighted by Gasteiger charge is 2.21. The van der Waals surface area contributed by atoms with Gasteiger partial charge in [0.05, 0.1) is 22.3 Å². The summed E-state index contributed by atoms with van der Waals surface area (Å²) in [6.07, 6.45) is 2.19. The number of benzene rings is 1. The number of carbonyl (C=O) groups is 1. The number of anilines is 1. The fraction of sp³-hybridized carbons (Fsp3) is 0.429. The molecule has 1 saturated heterocycles. The maximum absolute atomic E-state index is 12.1. The molecule has 0 bridgehead atoms. The number of piperidine rings is 1. The Morgan fingerprint density at radius 1 is 1.58 bits per heavy atom.